The van der Waals surface area contributed by atoms with Crippen molar-refractivity contribution < 1.29 is 30.6 Å². The largest absolute Gasteiger partial charge is 0.416 e. The van der Waals surface area contributed by atoms with Crippen LogP contribution in [0.3, 0.4) is 0 Å². The van der Waals surface area contributed by atoms with E-state index in [0.717, 1.165) is 18.2 Å². The van der Waals surface area contributed by atoms with Crippen LogP contribution in [0.15, 0.2) is 53.4 Å². The zero-order chi connectivity index (χ0) is 25.0. The Balaban J connectivity index is 2.37. The Morgan fingerprint density at radius 2 is 1.73 bits per heavy atom. The predicted molar refractivity (Wildman–Crippen MR) is 119 cm³/mol. The molecule has 0 aliphatic rings. The van der Waals surface area contributed by atoms with E-state index in [1.54, 1.807) is 23.1 Å². The molecule has 33 heavy (non-hydrogen) atoms. The summed E-state index contributed by atoms with van der Waals surface area (Å²) in [5, 5.41) is 2.89. The normalized spacial score (nSPS) is 13.3. The summed E-state index contributed by atoms with van der Waals surface area (Å²) in [6.45, 7) is 9.37. The third-order valence-electron chi connectivity index (χ3n) is 4.83. The summed E-state index contributed by atoms with van der Waals surface area (Å²) in [5.41, 5.74) is -1.18. The highest BCUT2D eigenvalue weighted by molar-refractivity contribution is 7.87. The number of hydrogen-bond acceptors (Lipinski definition) is 4. The summed E-state index contributed by atoms with van der Waals surface area (Å²) in [5.74, 6) is -0.0632. The molecule has 6 nitrogen and oxygen atoms in total. The van der Waals surface area contributed by atoms with Crippen molar-refractivity contribution in [1.29, 1.82) is 0 Å². The fourth-order valence-electron chi connectivity index (χ4n) is 2.93. The van der Waals surface area contributed by atoms with Gasteiger partial charge in [0.2, 0.25) is 0 Å². The lowest BCUT2D eigenvalue weighted by Crippen LogP contribution is -2.50. The topological polar surface area (TPSA) is 75.7 Å². The lowest BCUT2D eigenvalue weighted by atomic mass is 10.1. The van der Waals surface area contributed by atoms with Crippen LogP contribution in [0, 0.1) is 0 Å². The Labute approximate surface area is 192 Å². The van der Waals surface area contributed by atoms with E-state index in [2.05, 4.69) is 5.32 Å². The van der Waals surface area contributed by atoms with E-state index in [1.807, 2.05) is 34.6 Å². The minimum absolute atomic E-state index is 0.0468. The van der Waals surface area contributed by atoms with Gasteiger partial charge >= 0.3 is 22.3 Å². The molecule has 2 amide bonds. The van der Waals surface area contributed by atoms with E-state index in [4.69, 9.17) is 4.18 Å². The smallest absolute Gasteiger partial charge is 0.379 e. The van der Waals surface area contributed by atoms with E-state index in [-0.39, 0.29) is 24.4 Å². The van der Waals surface area contributed by atoms with Crippen LogP contribution < -0.4 is 9.50 Å². The van der Waals surface area contributed by atoms with Gasteiger partial charge in [0, 0.05) is 17.1 Å². The van der Waals surface area contributed by atoms with Gasteiger partial charge < -0.3 is 14.4 Å². The molecule has 0 bridgehead atoms. The fraction of sp³-hybridized carbons (Fsp3) is 0.435. The number of rotatable bonds is 7. The molecule has 2 aromatic carbocycles. The minimum Gasteiger partial charge on any atom is -0.379 e. The van der Waals surface area contributed by atoms with Gasteiger partial charge in [-0.05, 0) is 58.4 Å². The lowest BCUT2D eigenvalue weighted by molar-refractivity contribution is -0.137. The highest BCUT2D eigenvalue weighted by atomic mass is 32.2. The van der Waals surface area contributed by atoms with Gasteiger partial charge in [0.25, 0.3) is 0 Å². The first-order valence-corrected chi connectivity index (χ1v) is 11.8. The van der Waals surface area contributed by atoms with E-state index >= 15 is 0 Å². The van der Waals surface area contributed by atoms with Gasteiger partial charge in [-0.1, -0.05) is 31.2 Å². The molecule has 0 saturated heterocycles. The summed E-state index contributed by atoms with van der Waals surface area (Å²) in [7, 11) is -4.55. The van der Waals surface area contributed by atoms with Gasteiger partial charge in [-0.3, -0.25) is 0 Å². The van der Waals surface area contributed by atoms with Crippen molar-refractivity contribution >= 4 is 16.1 Å². The van der Waals surface area contributed by atoms with Gasteiger partial charge in [0.05, 0.1) is 12.1 Å². The van der Waals surface area contributed by atoms with Crippen molar-refractivity contribution in [3.05, 3.63) is 59.7 Å². The van der Waals surface area contributed by atoms with Gasteiger partial charge in [-0.15, -0.1) is 0 Å². The van der Waals surface area contributed by atoms with Gasteiger partial charge in [0.1, 0.15) is 10.6 Å². The van der Waals surface area contributed by atoms with Crippen molar-refractivity contribution in [2.75, 3.05) is 0 Å². The molecule has 0 saturated carbocycles. The zero-order valence-electron chi connectivity index (χ0n) is 19.2. The first-order valence-electron chi connectivity index (χ1n) is 10.4. The average molecular weight is 487 g/mol. The van der Waals surface area contributed by atoms with E-state index in [1.165, 1.54) is 6.07 Å². The fourth-order valence-corrected chi connectivity index (χ4v) is 3.95. The predicted octanol–water partition coefficient (Wildman–Crippen LogP) is 5.58. The SMILES string of the molecule is CC[C@H](C)N(Cc1ccccc1OS(=O)(=O)c1cccc(C(F)(F)F)c1)C(=O)NC(C)(C)C. The van der Waals surface area contributed by atoms with Gasteiger partial charge in [-0.2, -0.15) is 21.6 Å². The lowest BCUT2D eigenvalue weighted by Gasteiger charge is -2.32. The standard InChI is InChI=1S/C23H29F3N2O4S/c1-6-16(2)28(21(29)27-22(3,4)5)15-17-10-7-8-13-20(17)32-33(30,31)19-12-9-11-18(14-19)23(24,25)26/h7-14,16H,6,15H2,1-5H3,(H,27,29)/t16-/m0/s1. The molecule has 0 heterocycles. The number of urea groups is 1. The number of amides is 2. The first-order chi connectivity index (χ1) is 15.1. The Bertz CT molecular complexity index is 1080. The van der Waals surface area contributed by atoms with Crippen molar-refractivity contribution in [3.63, 3.8) is 0 Å². The highest BCUT2D eigenvalue weighted by Crippen LogP contribution is 2.32. The number of para-hydroxylation sites is 1. The molecule has 2 aromatic rings. The van der Waals surface area contributed by atoms with Crippen molar-refractivity contribution in [2.45, 2.75) is 70.2 Å². The van der Waals surface area contributed by atoms with Crippen LogP contribution in [0.5, 0.6) is 5.75 Å². The number of nitrogens with one attached hydrogen (secondary N) is 1. The maximum atomic E-state index is 13.0. The third-order valence-corrected chi connectivity index (χ3v) is 6.06. The number of alkyl halides is 3. The van der Waals surface area contributed by atoms with Crippen LogP contribution in [0.4, 0.5) is 18.0 Å². The first kappa shape index (κ1) is 26.5. The molecular weight excluding hydrogens is 457 g/mol. The number of halogens is 3. The molecule has 0 fully saturated rings. The van der Waals surface area contributed by atoms with Gasteiger partial charge in [0.15, 0.2) is 0 Å². The summed E-state index contributed by atoms with van der Waals surface area (Å²) >= 11 is 0. The molecule has 0 unspecified atom stereocenters. The van der Waals surface area contributed by atoms with Crippen molar-refractivity contribution in [2.24, 2.45) is 0 Å². The maximum absolute atomic E-state index is 13.0. The number of carbonyl (C=O) groups excluding carboxylic acids is 1. The zero-order valence-corrected chi connectivity index (χ0v) is 20.0. The number of carbonyl (C=O) groups is 1. The molecule has 0 radical (unpaired) electrons. The molecule has 0 aliphatic heterocycles. The highest BCUT2D eigenvalue weighted by Gasteiger charge is 2.32. The third kappa shape index (κ3) is 7.38. The summed E-state index contributed by atoms with van der Waals surface area (Å²) < 4.78 is 69.8. The number of nitrogens with zero attached hydrogens (tertiary/aromatic N) is 1. The van der Waals surface area contributed by atoms with E-state index in [9.17, 15) is 26.4 Å². The summed E-state index contributed by atoms with van der Waals surface area (Å²) in [4.78, 5) is 13.8. The molecule has 0 aliphatic carbocycles. The van der Waals surface area contributed by atoms with Crippen LogP contribution in [0.1, 0.15) is 52.2 Å². The molecule has 0 aromatic heterocycles. The monoisotopic (exact) mass is 486 g/mol. The second kappa shape index (κ2) is 10.0. The molecule has 1 N–H and O–H groups in total. The van der Waals surface area contributed by atoms with Crippen molar-refractivity contribution in [3.8, 4) is 5.75 Å². The number of benzene rings is 2. The Morgan fingerprint density at radius 1 is 1.09 bits per heavy atom. The molecule has 182 valence electrons. The van der Waals surface area contributed by atoms with Crippen LogP contribution in [-0.2, 0) is 22.8 Å². The summed E-state index contributed by atoms with van der Waals surface area (Å²) in [6, 6.07) is 9.08. The van der Waals surface area contributed by atoms with Crippen LogP contribution in [0.25, 0.3) is 0 Å². The second-order valence-electron chi connectivity index (χ2n) is 8.74. The second-order valence-corrected chi connectivity index (χ2v) is 10.3. The number of hydrogen-bond donors (Lipinski definition) is 1. The Kier molecular flexibility index (Phi) is 8.05. The van der Waals surface area contributed by atoms with E-state index in [0.29, 0.717) is 18.1 Å². The molecule has 10 heteroatoms. The van der Waals surface area contributed by atoms with Crippen LogP contribution in [0.2, 0.25) is 0 Å². The molecule has 2 rings (SSSR count). The molecule has 0 spiro atoms. The van der Waals surface area contributed by atoms with Crippen LogP contribution in [-0.4, -0.2) is 30.9 Å². The average Bonchev–Trinajstić information content (AvgIpc) is 2.70. The van der Waals surface area contributed by atoms with Gasteiger partial charge in [-0.25, -0.2) is 4.79 Å². The molecular formula is C23H29F3N2O4S. The quantitative estimate of drug-likeness (QED) is 0.519. The van der Waals surface area contributed by atoms with Crippen molar-refractivity contribution in [1.82, 2.24) is 10.2 Å². The minimum atomic E-state index is -4.69. The van der Waals surface area contributed by atoms with Crippen LogP contribution >= 0.6 is 0 Å². The maximum Gasteiger partial charge on any atom is 0.416 e. The Hall–Kier alpha value is -2.75. The summed E-state index contributed by atoms with van der Waals surface area (Å²) in [6.07, 6.45) is -4.04. The Morgan fingerprint density at radius 3 is 2.30 bits per heavy atom. The van der Waals surface area contributed by atoms with E-state index < -0.39 is 32.3 Å². The molecule has 1 atom stereocenters.